The van der Waals surface area contributed by atoms with Crippen LogP contribution < -0.4 is 5.32 Å². The number of aryl methyl sites for hydroxylation is 1. The van der Waals surface area contributed by atoms with Gasteiger partial charge in [0.2, 0.25) is 0 Å². The highest BCUT2D eigenvalue weighted by Crippen LogP contribution is 2.22. The van der Waals surface area contributed by atoms with Crippen molar-refractivity contribution in [3.63, 3.8) is 0 Å². The Balaban J connectivity index is 2.01. The average molecular weight is 402 g/mol. The number of rotatable bonds is 8. The monoisotopic (exact) mass is 401 g/mol. The highest BCUT2D eigenvalue weighted by Gasteiger charge is 2.20. The minimum absolute atomic E-state index is 0.174. The predicted molar refractivity (Wildman–Crippen MR) is 111 cm³/mol. The zero-order valence-corrected chi connectivity index (χ0v) is 17.5. The summed E-state index contributed by atoms with van der Waals surface area (Å²) in [6, 6.07) is 14.5. The highest BCUT2D eigenvalue weighted by atomic mass is 32.2. The maximum Gasteiger partial charge on any atom is 0.339 e. The van der Waals surface area contributed by atoms with E-state index in [-0.39, 0.29) is 30.0 Å². The van der Waals surface area contributed by atoms with E-state index in [0.717, 1.165) is 12.0 Å². The van der Waals surface area contributed by atoms with Crippen molar-refractivity contribution in [1.82, 2.24) is 5.32 Å². The molecule has 5 nitrogen and oxygen atoms in total. The van der Waals surface area contributed by atoms with Crippen LogP contribution >= 0.6 is 0 Å². The van der Waals surface area contributed by atoms with E-state index in [1.54, 1.807) is 24.3 Å². The first-order valence-corrected chi connectivity index (χ1v) is 10.9. The molecular formula is C22H27NO4S. The molecule has 2 aromatic carbocycles. The number of benzene rings is 2. The summed E-state index contributed by atoms with van der Waals surface area (Å²) < 4.78 is 16.9. The van der Waals surface area contributed by atoms with Crippen molar-refractivity contribution in [3.05, 3.63) is 65.2 Å². The molecule has 0 saturated carbocycles. The molecule has 0 aromatic heterocycles. The molecule has 2 atom stereocenters. The van der Waals surface area contributed by atoms with E-state index in [4.69, 9.17) is 4.74 Å². The van der Waals surface area contributed by atoms with Gasteiger partial charge in [0.1, 0.15) is 0 Å². The largest absolute Gasteiger partial charge is 0.452 e. The average Bonchev–Trinajstić information content (AvgIpc) is 2.70. The van der Waals surface area contributed by atoms with E-state index in [1.165, 1.54) is 11.8 Å². The van der Waals surface area contributed by atoms with E-state index in [2.05, 4.69) is 24.4 Å². The number of ether oxygens (including phenoxy) is 1. The Morgan fingerprint density at radius 2 is 1.71 bits per heavy atom. The lowest BCUT2D eigenvalue weighted by molar-refractivity contribution is -0.125. The Hall–Kier alpha value is -2.47. The molecule has 0 aliphatic heterocycles. The number of hydrogen-bond acceptors (Lipinski definition) is 4. The summed E-state index contributed by atoms with van der Waals surface area (Å²) in [7, 11) is -1.32. The first-order valence-electron chi connectivity index (χ1n) is 9.31. The van der Waals surface area contributed by atoms with Crippen molar-refractivity contribution in [2.24, 2.45) is 5.92 Å². The van der Waals surface area contributed by atoms with E-state index in [9.17, 15) is 13.8 Å². The topological polar surface area (TPSA) is 72.5 Å². The standard InChI is InChI=1S/C22H27NO4S/c1-5-16-10-12-17(13-11-16)21(15(2)3)23-20(24)14-27-22(25)18-8-6-7-9-19(18)28(4)26/h6-13,15,21H,5,14H2,1-4H3,(H,23,24)/t21-,28+/m1/s1. The van der Waals surface area contributed by atoms with E-state index in [1.807, 2.05) is 26.0 Å². The Morgan fingerprint density at radius 3 is 2.29 bits per heavy atom. The van der Waals surface area contributed by atoms with Gasteiger partial charge >= 0.3 is 5.97 Å². The van der Waals surface area contributed by atoms with Gasteiger partial charge in [-0.3, -0.25) is 9.00 Å². The third-order valence-corrected chi connectivity index (χ3v) is 5.46. The summed E-state index contributed by atoms with van der Waals surface area (Å²) in [5, 5.41) is 2.94. The molecule has 6 heteroatoms. The fourth-order valence-corrected chi connectivity index (χ4v) is 3.64. The van der Waals surface area contributed by atoms with Gasteiger partial charge in [0.25, 0.3) is 5.91 Å². The molecule has 28 heavy (non-hydrogen) atoms. The van der Waals surface area contributed by atoms with Gasteiger partial charge in [-0.15, -0.1) is 0 Å². The number of carbonyl (C=O) groups excluding carboxylic acids is 2. The van der Waals surface area contributed by atoms with Crippen molar-refractivity contribution < 1.29 is 18.5 Å². The zero-order valence-electron chi connectivity index (χ0n) is 16.7. The minimum atomic E-state index is -1.32. The molecule has 0 aliphatic rings. The van der Waals surface area contributed by atoms with Crippen LogP contribution in [0.15, 0.2) is 53.4 Å². The Kier molecular flexibility index (Phi) is 7.93. The second-order valence-electron chi connectivity index (χ2n) is 6.91. The summed E-state index contributed by atoms with van der Waals surface area (Å²) in [5.41, 5.74) is 2.46. The van der Waals surface area contributed by atoms with Gasteiger partial charge in [-0.1, -0.05) is 57.2 Å². The van der Waals surface area contributed by atoms with Crippen molar-refractivity contribution >= 4 is 22.7 Å². The summed E-state index contributed by atoms with van der Waals surface area (Å²) in [4.78, 5) is 25.1. The number of carbonyl (C=O) groups is 2. The highest BCUT2D eigenvalue weighted by molar-refractivity contribution is 7.84. The van der Waals surface area contributed by atoms with Crippen molar-refractivity contribution in [2.45, 2.75) is 38.1 Å². The smallest absolute Gasteiger partial charge is 0.339 e. The molecule has 0 unspecified atom stereocenters. The van der Waals surface area contributed by atoms with Crippen LogP contribution in [0.4, 0.5) is 0 Å². The van der Waals surface area contributed by atoms with Crippen molar-refractivity contribution in [3.8, 4) is 0 Å². The minimum Gasteiger partial charge on any atom is -0.452 e. The Labute approximate surface area is 168 Å². The van der Waals surface area contributed by atoms with Crippen LogP contribution in [0, 0.1) is 5.92 Å². The fourth-order valence-electron chi connectivity index (χ4n) is 2.91. The van der Waals surface area contributed by atoms with Crippen molar-refractivity contribution in [1.29, 1.82) is 0 Å². The van der Waals surface area contributed by atoms with Crippen LogP contribution in [0.5, 0.6) is 0 Å². The lowest BCUT2D eigenvalue weighted by Crippen LogP contribution is -2.35. The Bertz CT molecular complexity index is 846. The molecule has 0 fully saturated rings. The number of nitrogens with one attached hydrogen (secondary N) is 1. The van der Waals surface area contributed by atoms with Crippen LogP contribution in [0.25, 0.3) is 0 Å². The second kappa shape index (κ2) is 10.2. The van der Waals surface area contributed by atoms with Gasteiger partial charge < -0.3 is 10.1 Å². The lowest BCUT2D eigenvalue weighted by atomic mass is 9.95. The third kappa shape index (κ3) is 5.76. The summed E-state index contributed by atoms with van der Waals surface area (Å²) in [6.45, 7) is 5.76. The van der Waals surface area contributed by atoms with Crippen LogP contribution in [-0.2, 0) is 26.8 Å². The van der Waals surface area contributed by atoms with Crippen LogP contribution in [0.1, 0.15) is 48.3 Å². The first-order chi connectivity index (χ1) is 13.3. The fraction of sp³-hybridized carbons (Fsp3) is 0.364. The number of hydrogen-bond donors (Lipinski definition) is 1. The van der Waals surface area contributed by atoms with Crippen LogP contribution in [-0.4, -0.2) is 28.9 Å². The zero-order chi connectivity index (χ0) is 20.7. The first kappa shape index (κ1) is 21.8. The predicted octanol–water partition coefficient (Wildman–Crippen LogP) is 3.66. The molecule has 0 spiro atoms. The SMILES string of the molecule is CCc1ccc([C@H](NC(=O)COC(=O)c2ccccc2[S@](C)=O)C(C)C)cc1. The molecule has 0 heterocycles. The van der Waals surface area contributed by atoms with Gasteiger partial charge in [-0.25, -0.2) is 4.79 Å². The summed E-state index contributed by atoms with van der Waals surface area (Å²) in [6.07, 6.45) is 2.45. The molecule has 1 N–H and O–H groups in total. The van der Waals surface area contributed by atoms with Gasteiger partial charge in [0.15, 0.2) is 6.61 Å². The van der Waals surface area contributed by atoms with Gasteiger partial charge in [-0.05, 0) is 35.6 Å². The molecule has 0 radical (unpaired) electrons. The summed E-state index contributed by atoms with van der Waals surface area (Å²) in [5.74, 6) is -0.855. The normalized spacial score (nSPS) is 13.0. The number of esters is 1. The van der Waals surface area contributed by atoms with Gasteiger partial charge in [0, 0.05) is 6.26 Å². The third-order valence-electron chi connectivity index (χ3n) is 4.48. The van der Waals surface area contributed by atoms with Gasteiger partial charge in [-0.2, -0.15) is 0 Å². The van der Waals surface area contributed by atoms with Gasteiger partial charge in [0.05, 0.1) is 27.3 Å². The molecular weight excluding hydrogens is 374 g/mol. The van der Waals surface area contributed by atoms with Crippen LogP contribution in [0.2, 0.25) is 0 Å². The molecule has 2 aromatic rings. The molecule has 150 valence electrons. The maximum absolute atomic E-state index is 12.4. The van der Waals surface area contributed by atoms with Crippen molar-refractivity contribution in [2.75, 3.05) is 12.9 Å². The molecule has 0 aliphatic carbocycles. The van der Waals surface area contributed by atoms with E-state index in [0.29, 0.717) is 4.90 Å². The lowest BCUT2D eigenvalue weighted by Gasteiger charge is -2.23. The quantitative estimate of drug-likeness (QED) is 0.685. The van der Waals surface area contributed by atoms with E-state index < -0.39 is 16.8 Å². The maximum atomic E-state index is 12.4. The van der Waals surface area contributed by atoms with E-state index >= 15 is 0 Å². The molecule has 0 bridgehead atoms. The molecule has 1 amide bonds. The molecule has 0 saturated heterocycles. The molecule has 2 rings (SSSR count). The second-order valence-corrected chi connectivity index (χ2v) is 8.26. The number of amides is 1. The Morgan fingerprint density at radius 1 is 1.07 bits per heavy atom. The van der Waals surface area contributed by atoms with Crippen LogP contribution in [0.3, 0.4) is 0 Å². The summed E-state index contributed by atoms with van der Waals surface area (Å²) >= 11 is 0.